The molecule has 0 radical (unpaired) electrons. The molecule has 0 aromatic heterocycles. The van der Waals surface area contributed by atoms with Gasteiger partial charge in [-0.25, -0.2) is 0 Å². The van der Waals surface area contributed by atoms with Crippen LogP contribution in [0.2, 0.25) is 0 Å². The number of rotatable bonds is 2. The van der Waals surface area contributed by atoms with Gasteiger partial charge in [0.2, 0.25) is 5.91 Å². The number of aromatic hydroxyl groups is 1. The fraction of sp³-hybridized carbons (Fsp3) is 0.579. The van der Waals surface area contributed by atoms with Crippen molar-refractivity contribution in [3.8, 4) is 5.75 Å². The maximum absolute atomic E-state index is 12.8. The van der Waals surface area contributed by atoms with Gasteiger partial charge in [0.1, 0.15) is 5.75 Å². The molecule has 2 aliphatic heterocycles. The minimum atomic E-state index is -0.174. The van der Waals surface area contributed by atoms with Crippen molar-refractivity contribution >= 4 is 11.8 Å². The molecule has 2 heterocycles. The zero-order valence-corrected chi connectivity index (χ0v) is 14.3. The summed E-state index contributed by atoms with van der Waals surface area (Å²) in [5.41, 5.74) is 1.27. The molecular weight excluding hydrogens is 304 g/mol. The van der Waals surface area contributed by atoms with E-state index in [-0.39, 0.29) is 23.5 Å². The summed E-state index contributed by atoms with van der Waals surface area (Å²) in [5, 5.41) is 9.99. The Hall–Kier alpha value is -2.04. The van der Waals surface area contributed by atoms with Gasteiger partial charge >= 0.3 is 0 Å². The van der Waals surface area contributed by atoms with Gasteiger partial charge in [-0.05, 0) is 51.2 Å². The molecule has 3 rings (SSSR count). The van der Waals surface area contributed by atoms with Crippen LogP contribution in [-0.2, 0) is 4.79 Å². The van der Waals surface area contributed by atoms with Crippen molar-refractivity contribution in [3.05, 3.63) is 29.3 Å². The highest BCUT2D eigenvalue weighted by molar-refractivity contribution is 5.97. The molecule has 1 unspecified atom stereocenters. The van der Waals surface area contributed by atoms with Crippen molar-refractivity contribution in [2.24, 2.45) is 5.92 Å². The van der Waals surface area contributed by atoms with Crippen LogP contribution >= 0.6 is 0 Å². The molecule has 5 heteroatoms. The molecule has 1 atom stereocenters. The average molecular weight is 330 g/mol. The molecule has 1 N–H and O–H groups in total. The molecule has 0 spiro atoms. The number of hydrogen-bond donors (Lipinski definition) is 1. The van der Waals surface area contributed by atoms with E-state index in [4.69, 9.17) is 0 Å². The lowest BCUT2D eigenvalue weighted by atomic mass is 9.94. The first-order chi connectivity index (χ1) is 11.6. The summed E-state index contributed by atoms with van der Waals surface area (Å²) in [6.45, 7) is 4.70. The largest absolute Gasteiger partial charge is 0.507 e. The van der Waals surface area contributed by atoms with E-state index in [1.807, 2.05) is 11.8 Å². The number of phenolic OH excluding ortho intramolecular Hbond substituents is 1. The molecule has 130 valence electrons. The van der Waals surface area contributed by atoms with Gasteiger partial charge in [-0.15, -0.1) is 0 Å². The van der Waals surface area contributed by atoms with E-state index in [2.05, 4.69) is 0 Å². The molecule has 0 saturated carbocycles. The number of aryl methyl sites for hydroxylation is 1. The predicted octanol–water partition coefficient (Wildman–Crippen LogP) is 2.57. The molecular formula is C19H26N2O3. The van der Waals surface area contributed by atoms with E-state index in [1.165, 1.54) is 6.42 Å². The van der Waals surface area contributed by atoms with Crippen LogP contribution in [0, 0.1) is 12.8 Å². The zero-order chi connectivity index (χ0) is 17.1. The number of nitrogens with zero attached hydrogens (tertiary/aromatic N) is 2. The third-order valence-electron chi connectivity index (χ3n) is 5.11. The van der Waals surface area contributed by atoms with Gasteiger partial charge in [-0.1, -0.05) is 11.6 Å². The molecule has 24 heavy (non-hydrogen) atoms. The van der Waals surface area contributed by atoms with Gasteiger partial charge in [-0.2, -0.15) is 0 Å². The van der Waals surface area contributed by atoms with E-state index >= 15 is 0 Å². The maximum Gasteiger partial charge on any atom is 0.257 e. The van der Waals surface area contributed by atoms with Crippen LogP contribution in [-0.4, -0.2) is 52.9 Å². The van der Waals surface area contributed by atoms with E-state index in [9.17, 15) is 14.7 Å². The number of hydrogen-bond acceptors (Lipinski definition) is 3. The Kier molecular flexibility index (Phi) is 5.07. The first-order valence-corrected chi connectivity index (χ1v) is 8.94. The van der Waals surface area contributed by atoms with Crippen molar-refractivity contribution in [3.63, 3.8) is 0 Å². The summed E-state index contributed by atoms with van der Waals surface area (Å²) in [4.78, 5) is 29.2. The second kappa shape index (κ2) is 7.24. The second-order valence-electron chi connectivity index (χ2n) is 7.00. The molecule has 2 fully saturated rings. The van der Waals surface area contributed by atoms with Gasteiger partial charge in [0, 0.05) is 26.2 Å². The smallest absolute Gasteiger partial charge is 0.257 e. The van der Waals surface area contributed by atoms with Crippen LogP contribution in [0.25, 0.3) is 0 Å². The topological polar surface area (TPSA) is 60.9 Å². The van der Waals surface area contributed by atoms with E-state index in [0.29, 0.717) is 18.7 Å². The van der Waals surface area contributed by atoms with Crippen molar-refractivity contribution in [2.45, 2.75) is 39.0 Å². The van der Waals surface area contributed by atoms with Crippen LogP contribution in [0.5, 0.6) is 5.75 Å². The highest BCUT2D eigenvalue weighted by Crippen LogP contribution is 2.25. The molecule has 1 aromatic rings. The summed E-state index contributed by atoms with van der Waals surface area (Å²) < 4.78 is 0. The van der Waals surface area contributed by atoms with Crippen LogP contribution < -0.4 is 0 Å². The fourth-order valence-electron chi connectivity index (χ4n) is 3.73. The number of benzene rings is 1. The van der Waals surface area contributed by atoms with Crippen LogP contribution in [0.3, 0.4) is 0 Å². The molecule has 2 amide bonds. The van der Waals surface area contributed by atoms with E-state index < -0.39 is 0 Å². The van der Waals surface area contributed by atoms with Crippen molar-refractivity contribution in [1.29, 1.82) is 0 Å². The Labute approximate surface area is 143 Å². The van der Waals surface area contributed by atoms with Crippen molar-refractivity contribution in [2.75, 3.05) is 26.2 Å². The summed E-state index contributed by atoms with van der Waals surface area (Å²) in [6, 6.07) is 5.06. The molecule has 0 aliphatic carbocycles. The zero-order valence-electron chi connectivity index (χ0n) is 14.3. The van der Waals surface area contributed by atoms with Crippen LogP contribution in [0.1, 0.15) is 48.0 Å². The van der Waals surface area contributed by atoms with Gasteiger partial charge < -0.3 is 14.9 Å². The van der Waals surface area contributed by atoms with Crippen molar-refractivity contribution < 1.29 is 14.7 Å². The number of likely N-dealkylation sites (tertiary alicyclic amines) is 2. The standard InChI is InChI=1S/C19H26N2O3/c1-14-7-8-17(22)16(12-14)19(24)21-11-5-6-15(13-21)18(23)20-9-3-2-4-10-20/h7-8,12,15,22H,2-6,9-11,13H2,1H3. The quantitative estimate of drug-likeness (QED) is 0.906. The summed E-state index contributed by atoms with van der Waals surface area (Å²) in [7, 11) is 0. The molecule has 0 bridgehead atoms. The monoisotopic (exact) mass is 330 g/mol. The summed E-state index contributed by atoms with van der Waals surface area (Å²) >= 11 is 0. The first-order valence-electron chi connectivity index (χ1n) is 8.94. The summed E-state index contributed by atoms with van der Waals surface area (Å²) in [6.07, 6.45) is 5.05. The van der Waals surface area contributed by atoms with Crippen LogP contribution in [0.15, 0.2) is 18.2 Å². The Morgan fingerprint density at radius 2 is 1.75 bits per heavy atom. The molecule has 5 nitrogen and oxygen atoms in total. The first kappa shape index (κ1) is 16.8. The lowest BCUT2D eigenvalue weighted by Crippen LogP contribution is -2.47. The normalized spacial score (nSPS) is 21.6. The second-order valence-corrected chi connectivity index (χ2v) is 7.00. The predicted molar refractivity (Wildman–Crippen MR) is 91.9 cm³/mol. The van der Waals surface area contributed by atoms with Crippen LogP contribution in [0.4, 0.5) is 0 Å². The highest BCUT2D eigenvalue weighted by Gasteiger charge is 2.32. The number of phenols is 1. The average Bonchev–Trinajstić information content (AvgIpc) is 2.63. The minimum absolute atomic E-state index is 0.00933. The fourth-order valence-corrected chi connectivity index (χ4v) is 3.73. The molecule has 2 saturated heterocycles. The van der Waals surface area contributed by atoms with Gasteiger partial charge in [0.05, 0.1) is 11.5 Å². The number of piperidine rings is 2. The molecule has 2 aliphatic rings. The van der Waals surface area contributed by atoms with Gasteiger partial charge in [-0.3, -0.25) is 9.59 Å². The van der Waals surface area contributed by atoms with E-state index in [1.54, 1.807) is 23.1 Å². The molecule has 1 aromatic carbocycles. The maximum atomic E-state index is 12.8. The Balaban J connectivity index is 1.69. The summed E-state index contributed by atoms with van der Waals surface area (Å²) in [5.74, 6) is -0.0733. The number of amides is 2. The van der Waals surface area contributed by atoms with E-state index in [0.717, 1.165) is 44.3 Å². The Morgan fingerprint density at radius 3 is 2.50 bits per heavy atom. The SMILES string of the molecule is Cc1ccc(O)c(C(=O)N2CCCC(C(=O)N3CCCCC3)C2)c1. The van der Waals surface area contributed by atoms with Gasteiger partial charge in [0.25, 0.3) is 5.91 Å². The lowest BCUT2D eigenvalue weighted by Gasteiger charge is -2.36. The number of carbonyl (C=O) groups is 2. The third kappa shape index (κ3) is 3.55. The number of carbonyl (C=O) groups excluding carboxylic acids is 2. The van der Waals surface area contributed by atoms with Crippen molar-refractivity contribution in [1.82, 2.24) is 9.80 Å². The lowest BCUT2D eigenvalue weighted by molar-refractivity contribution is -0.137. The Bertz CT molecular complexity index is 623. The third-order valence-corrected chi connectivity index (χ3v) is 5.11. The van der Waals surface area contributed by atoms with Gasteiger partial charge in [0.15, 0.2) is 0 Å². The Morgan fingerprint density at radius 1 is 1.04 bits per heavy atom. The highest BCUT2D eigenvalue weighted by atomic mass is 16.3. The minimum Gasteiger partial charge on any atom is -0.507 e.